The number of hydrogen-bond acceptors (Lipinski definition) is 2. The second-order valence-electron chi connectivity index (χ2n) is 4.83. The van der Waals surface area contributed by atoms with Crippen molar-refractivity contribution in [3.8, 4) is 0 Å². The van der Waals surface area contributed by atoms with Crippen LogP contribution < -0.4 is 5.73 Å². The molecule has 2 atom stereocenters. The number of hydrogen-bond donors (Lipinski definition) is 1. The van der Waals surface area contributed by atoms with Crippen LogP contribution in [0.15, 0.2) is 0 Å². The van der Waals surface area contributed by atoms with E-state index in [0.717, 1.165) is 12.8 Å². The van der Waals surface area contributed by atoms with Gasteiger partial charge in [-0.25, -0.2) is 0 Å². The van der Waals surface area contributed by atoms with Gasteiger partial charge in [-0.3, -0.25) is 4.90 Å². The minimum absolute atomic E-state index is 0.00667. The average molecular weight is 238 g/mol. The number of halogens is 3. The average Bonchev–Trinajstić information content (AvgIpc) is 2.60. The van der Waals surface area contributed by atoms with E-state index in [-0.39, 0.29) is 24.9 Å². The largest absolute Gasteiger partial charge is 0.404 e. The minimum Gasteiger partial charge on any atom is -0.330 e. The van der Waals surface area contributed by atoms with Crippen molar-refractivity contribution in [2.75, 3.05) is 13.1 Å². The fourth-order valence-electron chi connectivity index (χ4n) is 2.59. The molecule has 16 heavy (non-hydrogen) atoms. The first-order valence-electron chi connectivity index (χ1n) is 5.90. The third-order valence-corrected chi connectivity index (χ3v) is 3.33. The van der Waals surface area contributed by atoms with Crippen LogP contribution in [0.2, 0.25) is 0 Å². The normalized spacial score (nSPS) is 25.3. The lowest BCUT2D eigenvalue weighted by Crippen LogP contribution is -2.50. The molecule has 1 heterocycles. The molecule has 0 aromatic heterocycles. The molecule has 0 aromatic carbocycles. The Morgan fingerprint density at radius 2 is 2.00 bits per heavy atom. The summed E-state index contributed by atoms with van der Waals surface area (Å²) in [6, 6.07) is -1.30. The molecule has 0 amide bonds. The van der Waals surface area contributed by atoms with E-state index < -0.39 is 12.2 Å². The van der Waals surface area contributed by atoms with Crippen LogP contribution in [-0.4, -0.2) is 36.2 Å². The van der Waals surface area contributed by atoms with Gasteiger partial charge in [0.05, 0.1) is 0 Å². The van der Waals surface area contributed by atoms with E-state index >= 15 is 0 Å². The van der Waals surface area contributed by atoms with Gasteiger partial charge in [0.2, 0.25) is 0 Å². The SMILES string of the molecule is CC(C)C1CCCN1C(CCN)C(F)(F)F. The van der Waals surface area contributed by atoms with Crippen LogP contribution in [0.5, 0.6) is 0 Å². The Balaban J connectivity index is 2.77. The Morgan fingerprint density at radius 3 is 2.44 bits per heavy atom. The molecule has 1 aliphatic heterocycles. The molecule has 1 aliphatic rings. The molecule has 0 aromatic rings. The molecule has 96 valence electrons. The molecule has 1 saturated heterocycles. The fourth-order valence-corrected chi connectivity index (χ4v) is 2.59. The molecular formula is C11H21F3N2. The van der Waals surface area contributed by atoms with Gasteiger partial charge in [-0.15, -0.1) is 0 Å². The number of nitrogens with two attached hydrogens (primary N) is 1. The van der Waals surface area contributed by atoms with E-state index in [9.17, 15) is 13.2 Å². The smallest absolute Gasteiger partial charge is 0.330 e. The molecule has 0 radical (unpaired) electrons. The summed E-state index contributed by atoms with van der Waals surface area (Å²) in [5.41, 5.74) is 5.29. The van der Waals surface area contributed by atoms with Crippen molar-refractivity contribution >= 4 is 0 Å². The summed E-state index contributed by atoms with van der Waals surface area (Å²) in [6.45, 7) is 4.61. The maximum absolute atomic E-state index is 12.9. The monoisotopic (exact) mass is 238 g/mol. The van der Waals surface area contributed by atoms with E-state index in [1.165, 1.54) is 0 Å². The van der Waals surface area contributed by atoms with Crippen LogP contribution in [0.3, 0.4) is 0 Å². The van der Waals surface area contributed by atoms with Crippen LogP contribution in [0.25, 0.3) is 0 Å². The van der Waals surface area contributed by atoms with E-state index in [2.05, 4.69) is 0 Å². The molecule has 2 unspecified atom stereocenters. The predicted molar refractivity (Wildman–Crippen MR) is 58.1 cm³/mol. The molecule has 0 aliphatic carbocycles. The Bertz CT molecular complexity index is 216. The van der Waals surface area contributed by atoms with E-state index in [0.29, 0.717) is 6.54 Å². The van der Waals surface area contributed by atoms with Crippen LogP contribution in [0.4, 0.5) is 13.2 Å². The summed E-state index contributed by atoms with van der Waals surface area (Å²) in [4.78, 5) is 1.61. The highest BCUT2D eigenvalue weighted by atomic mass is 19.4. The highest BCUT2D eigenvalue weighted by Gasteiger charge is 2.46. The lowest BCUT2D eigenvalue weighted by Gasteiger charge is -2.36. The van der Waals surface area contributed by atoms with Crippen molar-refractivity contribution < 1.29 is 13.2 Å². The molecule has 5 heteroatoms. The zero-order valence-corrected chi connectivity index (χ0v) is 9.93. The molecule has 1 rings (SSSR count). The number of nitrogens with zero attached hydrogens (tertiary/aromatic N) is 1. The fraction of sp³-hybridized carbons (Fsp3) is 1.00. The third-order valence-electron chi connectivity index (χ3n) is 3.33. The molecule has 2 nitrogen and oxygen atoms in total. The van der Waals surface area contributed by atoms with Crippen molar-refractivity contribution in [2.45, 2.75) is 51.4 Å². The van der Waals surface area contributed by atoms with Crippen LogP contribution in [0, 0.1) is 5.92 Å². The zero-order chi connectivity index (χ0) is 12.3. The molecule has 0 spiro atoms. The standard InChI is InChI=1S/C11H21F3N2/c1-8(2)9-4-3-7-16(9)10(5-6-15)11(12,13)14/h8-10H,3-7,15H2,1-2H3. The second-order valence-corrected chi connectivity index (χ2v) is 4.83. The second kappa shape index (κ2) is 5.36. The summed E-state index contributed by atoms with van der Waals surface area (Å²) in [6.07, 6.45) is -2.42. The van der Waals surface area contributed by atoms with Crippen LogP contribution >= 0.6 is 0 Å². The molecule has 0 saturated carbocycles. The Kier molecular flexibility index (Phi) is 4.62. The van der Waals surface area contributed by atoms with Crippen LogP contribution in [-0.2, 0) is 0 Å². The van der Waals surface area contributed by atoms with Crippen molar-refractivity contribution in [1.29, 1.82) is 0 Å². The van der Waals surface area contributed by atoms with Gasteiger partial charge in [-0.05, 0) is 38.3 Å². The number of likely N-dealkylation sites (tertiary alicyclic amines) is 1. The Morgan fingerprint density at radius 1 is 1.38 bits per heavy atom. The summed E-state index contributed by atoms with van der Waals surface area (Å²) in [5, 5.41) is 0. The van der Waals surface area contributed by atoms with Crippen molar-refractivity contribution in [2.24, 2.45) is 11.7 Å². The molecule has 2 N–H and O–H groups in total. The maximum Gasteiger partial charge on any atom is 0.404 e. The van der Waals surface area contributed by atoms with E-state index in [4.69, 9.17) is 5.73 Å². The van der Waals surface area contributed by atoms with E-state index in [1.54, 1.807) is 4.90 Å². The highest BCUT2D eigenvalue weighted by Crippen LogP contribution is 2.34. The quantitative estimate of drug-likeness (QED) is 0.814. The maximum atomic E-state index is 12.9. The third kappa shape index (κ3) is 3.10. The van der Waals surface area contributed by atoms with Gasteiger partial charge in [0.25, 0.3) is 0 Å². The summed E-state index contributed by atoms with van der Waals surface area (Å²) < 4.78 is 38.7. The van der Waals surface area contributed by atoms with Crippen LogP contribution in [0.1, 0.15) is 33.1 Å². The van der Waals surface area contributed by atoms with E-state index in [1.807, 2.05) is 13.8 Å². The Labute approximate surface area is 95.0 Å². The Hall–Kier alpha value is -0.290. The molecule has 1 fully saturated rings. The number of rotatable bonds is 4. The first kappa shape index (κ1) is 13.8. The highest BCUT2D eigenvalue weighted by molar-refractivity contribution is 4.90. The van der Waals surface area contributed by atoms with Crippen molar-refractivity contribution in [3.63, 3.8) is 0 Å². The van der Waals surface area contributed by atoms with Crippen molar-refractivity contribution in [1.82, 2.24) is 4.90 Å². The molecule has 0 bridgehead atoms. The van der Waals surface area contributed by atoms with Gasteiger partial charge in [0.15, 0.2) is 0 Å². The van der Waals surface area contributed by atoms with Gasteiger partial charge < -0.3 is 5.73 Å². The number of alkyl halides is 3. The minimum atomic E-state index is -4.16. The van der Waals surface area contributed by atoms with Gasteiger partial charge >= 0.3 is 6.18 Å². The lowest BCUT2D eigenvalue weighted by molar-refractivity contribution is -0.188. The summed E-state index contributed by atoms with van der Waals surface area (Å²) in [5.74, 6) is 0.269. The topological polar surface area (TPSA) is 29.3 Å². The summed E-state index contributed by atoms with van der Waals surface area (Å²) >= 11 is 0. The summed E-state index contributed by atoms with van der Waals surface area (Å²) in [7, 11) is 0. The van der Waals surface area contributed by atoms with Crippen molar-refractivity contribution in [3.05, 3.63) is 0 Å². The van der Waals surface area contributed by atoms with Gasteiger partial charge in [0.1, 0.15) is 6.04 Å². The first-order valence-corrected chi connectivity index (χ1v) is 5.90. The predicted octanol–water partition coefficient (Wildman–Crippen LogP) is 2.39. The zero-order valence-electron chi connectivity index (χ0n) is 9.93. The molecular weight excluding hydrogens is 217 g/mol. The van der Waals surface area contributed by atoms with Gasteiger partial charge in [-0.2, -0.15) is 13.2 Å². The lowest BCUT2D eigenvalue weighted by atomic mass is 10.00. The first-order chi connectivity index (χ1) is 7.38. The van der Waals surface area contributed by atoms with Gasteiger partial charge in [-0.1, -0.05) is 13.8 Å². The van der Waals surface area contributed by atoms with Gasteiger partial charge in [0, 0.05) is 6.04 Å².